The molecule has 2 aliphatic rings. The van der Waals surface area contributed by atoms with Crippen LogP contribution in [-0.4, -0.2) is 19.8 Å². The van der Waals surface area contributed by atoms with Gasteiger partial charge in [-0.3, -0.25) is 4.99 Å². The minimum absolute atomic E-state index is 0.0925. The van der Waals surface area contributed by atoms with E-state index in [1.807, 2.05) is 36.5 Å². The predicted octanol–water partition coefficient (Wildman–Crippen LogP) is 4.10. The Kier molecular flexibility index (Phi) is 3.99. The summed E-state index contributed by atoms with van der Waals surface area (Å²) >= 11 is 0. The van der Waals surface area contributed by atoms with E-state index >= 15 is 0 Å². The first-order valence-electron chi connectivity index (χ1n) is 8.16. The van der Waals surface area contributed by atoms with Gasteiger partial charge in [-0.25, -0.2) is 0 Å². The van der Waals surface area contributed by atoms with E-state index in [1.165, 1.54) is 0 Å². The fraction of sp³-hybridized carbons (Fsp3) is 0.316. The molecule has 1 atom stereocenters. The number of nitrogens with zero attached hydrogens (tertiary/aromatic N) is 1. The Hall–Kier alpha value is -2.69. The molecular formula is C19H19NO4. The third kappa shape index (κ3) is 2.89. The molecule has 0 aliphatic carbocycles. The summed E-state index contributed by atoms with van der Waals surface area (Å²) in [6, 6.07) is 12.0. The average Bonchev–Trinajstić information content (AvgIpc) is 3.26. The van der Waals surface area contributed by atoms with Crippen LogP contribution in [-0.2, 0) is 0 Å². The first-order valence-corrected chi connectivity index (χ1v) is 8.16. The number of fused-ring (bicyclic) bond motifs is 2. The summed E-state index contributed by atoms with van der Waals surface area (Å²) in [6.45, 7) is 2.74. The van der Waals surface area contributed by atoms with Crippen LogP contribution in [0, 0.1) is 0 Å². The molecule has 0 amide bonds. The maximum absolute atomic E-state index is 5.48. The molecule has 0 bridgehead atoms. The molecule has 0 saturated carbocycles. The maximum Gasteiger partial charge on any atom is 0.231 e. The van der Waals surface area contributed by atoms with Gasteiger partial charge in [0.2, 0.25) is 13.6 Å². The van der Waals surface area contributed by atoms with Crippen LogP contribution in [0.5, 0.6) is 23.0 Å². The van der Waals surface area contributed by atoms with E-state index in [9.17, 15) is 0 Å². The number of benzene rings is 2. The van der Waals surface area contributed by atoms with Crippen molar-refractivity contribution < 1.29 is 18.9 Å². The number of rotatable bonds is 5. The first-order chi connectivity index (χ1) is 11.8. The fourth-order valence-corrected chi connectivity index (χ4v) is 2.89. The third-order valence-corrected chi connectivity index (χ3v) is 4.14. The first kappa shape index (κ1) is 14.9. The van der Waals surface area contributed by atoms with Gasteiger partial charge in [0, 0.05) is 6.21 Å². The van der Waals surface area contributed by atoms with E-state index in [0.29, 0.717) is 0 Å². The van der Waals surface area contributed by atoms with Gasteiger partial charge in [0.05, 0.1) is 6.04 Å². The lowest BCUT2D eigenvalue weighted by atomic mass is 10.0. The topological polar surface area (TPSA) is 49.3 Å². The van der Waals surface area contributed by atoms with E-state index in [-0.39, 0.29) is 19.6 Å². The van der Waals surface area contributed by atoms with Crippen molar-refractivity contribution in [3.63, 3.8) is 0 Å². The van der Waals surface area contributed by atoms with Gasteiger partial charge in [-0.1, -0.05) is 19.4 Å². The smallest absolute Gasteiger partial charge is 0.231 e. The predicted molar refractivity (Wildman–Crippen MR) is 90.4 cm³/mol. The Balaban J connectivity index is 1.57. The fourth-order valence-electron chi connectivity index (χ4n) is 2.89. The highest BCUT2D eigenvalue weighted by atomic mass is 16.7. The van der Waals surface area contributed by atoms with Crippen LogP contribution < -0.4 is 18.9 Å². The van der Waals surface area contributed by atoms with Crippen LogP contribution in [0.4, 0.5) is 0 Å². The second-order valence-corrected chi connectivity index (χ2v) is 5.81. The summed E-state index contributed by atoms with van der Waals surface area (Å²) in [5.74, 6) is 3.16. The Morgan fingerprint density at radius 2 is 1.58 bits per heavy atom. The molecule has 2 aliphatic heterocycles. The Labute approximate surface area is 140 Å². The summed E-state index contributed by atoms with van der Waals surface area (Å²) in [6.07, 6.45) is 3.92. The van der Waals surface area contributed by atoms with Gasteiger partial charge in [0.25, 0.3) is 0 Å². The van der Waals surface area contributed by atoms with E-state index in [1.54, 1.807) is 0 Å². The monoisotopic (exact) mass is 325 g/mol. The largest absolute Gasteiger partial charge is 0.454 e. The minimum Gasteiger partial charge on any atom is -0.454 e. The molecule has 0 fully saturated rings. The van der Waals surface area contributed by atoms with E-state index in [2.05, 4.69) is 13.0 Å². The molecule has 0 aromatic heterocycles. The zero-order chi connectivity index (χ0) is 16.4. The summed E-state index contributed by atoms with van der Waals surface area (Å²) in [4.78, 5) is 4.79. The van der Waals surface area contributed by atoms with Crippen LogP contribution in [0.1, 0.15) is 36.9 Å². The van der Waals surface area contributed by atoms with Crippen LogP contribution in [0.3, 0.4) is 0 Å². The van der Waals surface area contributed by atoms with Gasteiger partial charge >= 0.3 is 0 Å². The molecule has 0 radical (unpaired) electrons. The maximum atomic E-state index is 5.48. The molecule has 2 heterocycles. The van der Waals surface area contributed by atoms with Gasteiger partial charge < -0.3 is 18.9 Å². The molecule has 0 unspecified atom stereocenters. The standard InChI is InChI=1S/C19H19NO4/c1-2-3-15(14-5-7-17-19(9-14)24-12-22-17)20-10-13-4-6-16-18(8-13)23-11-21-16/h4-10,15H,2-3,11-12H2,1H3/t15-/m1/s1. The Bertz CT molecular complexity index is 772. The van der Waals surface area contributed by atoms with Crippen LogP contribution in [0.15, 0.2) is 41.4 Å². The van der Waals surface area contributed by atoms with E-state index in [4.69, 9.17) is 23.9 Å². The molecule has 0 spiro atoms. The highest BCUT2D eigenvalue weighted by molar-refractivity contribution is 5.81. The van der Waals surface area contributed by atoms with Crippen molar-refractivity contribution in [1.82, 2.24) is 0 Å². The molecule has 0 saturated heterocycles. The summed E-state index contributed by atoms with van der Waals surface area (Å²) < 4.78 is 21.6. The second kappa shape index (κ2) is 6.43. The van der Waals surface area contributed by atoms with Crippen LogP contribution in [0.25, 0.3) is 0 Å². The zero-order valence-electron chi connectivity index (χ0n) is 13.5. The molecule has 124 valence electrons. The molecule has 2 aromatic rings. The number of ether oxygens (including phenoxy) is 4. The molecule has 24 heavy (non-hydrogen) atoms. The van der Waals surface area contributed by atoms with Crippen molar-refractivity contribution in [2.24, 2.45) is 4.99 Å². The number of hydrogen-bond donors (Lipinski definition) is 0. The van der Waals surface area contributed by atoms with Crippen LogP contribution in [0.2, 0.25) is 0 Å². The van der Waals surface area contributed by atoms with Crippen molar-refractivity contribution in [3.8, 4) is 23.0 Å². The summed E-state index contributed by atoms with van der Waals surface area (Å²) in [5, 5.41) is 0. The van der Waals surface area contributed by atoms with E-state index < -0.39 is 0 Å². The number of aliphatic imine (C=N–C) groups is 1. The van der Waals surface area contributed by atoms with E-state index in [0.717, 1.165) is 47.0 Å². The normalized spacial score (nSPS) is 15.9. The molecule has 4 rings (SSSR count). The highest BCUT2D eigenvalue weighted by Crippen LogP contribution is 2.36. The Morgan fingerprint density at radius 1 is 0.917 bits per heavy atom. The molecule has 2 aromatic carbocycles. The lowest BCUT2D eigenvalue weighted by Gasteiger charge is -2.12. The quantitative estimate of drug-likeness (QED) is 0.777. The average molecular weight is 325 g/mol. The van der Waals surface area contributed by atoms with Gasteiger partial charge in [-0.05, 0) is 47.9 Å². The molecule has 0 N–H and O–H groups in total. The van der Waals surface area contributed by atoms with Crippen molar-refractivity contribution in [2.75, 3.05) is 13.6 Å². The van der Waals surface area contributed by atoms with Crippen molar-refractivity contribution >= 4 is 6.21 Å². The summed E-state index contributed by atoms with van der Waals surface area (Å²) in [7, 11) is 0. The molecular weight excluding hydrogens is 306 g/mol. The van der Waals surface area contributed by atoms with Gasteiger partial charge in [0.15, 0.2) is 23.0 Å². The SMILES string of the molecule is CCC[C@@H](N=Cc1ccc2c(c1)OCO2)c1ccc2c(c1)OCO2. The van der Waals surface area contributed by atoms with Gasteiger partial charge in [-0.2, -0.15) is 0 Å². The Morgan fingerprint density at radius 3 is 2.33 bits per heavy atom. The van der Waals surface area contributed by atoms with Gasteiger partial charge in [0.1, 0.15) is 0 Å². The van der Waals surface area contributed by atoms with Gasteiger partial charge in [-0.15, -0.1) is 0 Å². The second-order valence-electron chi connectivity index (χ2n) is 5.81. The van der Waals surface area contributed by atoms with Crippen LogP contribution >= 0.6 is 0 Å². The lowest BCUT2D eigenvalue weighted by Crippen LogP contribution is -1.97. The van der Waals surface area contributed by atoms with Crippen molar-refractivity contribution in [3.05, 3.63) is 47.5 Å². The highest BCUT2D eigenvalue weighted by Gasteiger charge is 2.17. The molecule has 5 nitrogen and oxygen atoms in total. The lowest BCUT2D eigenvalue weighted by molar-refractivity contribution is 0.173. The van der Waals surface area contributed by atoms with Crippen molar-refractivity contribution in [1.29, 1.82) is 0 Å². The minimum atomic E-state index is 0.0925. The zero-order valence-corrected chi connectivity index (χ0v) is 13.5. The summed E-state index contributed by atoms with van der Waals surface area (Å²) in [5.41, 5.74) is 2.14. The molecule has 5 heteroatoms. The third-order valence-electron chi connectivity index (χ3n) is 4.14. The number of hydrogen-bond acceptors (Lipinski definition) is 5. The van der Waals surface area contributed by atoms with Crippen molar-refractivity contribution in [2.45, 2.75) is 25.8 Å².